The van der Waals surface area contributed by atoms with Gasteiger partial charge in [-0.25, -0.2) is 0 Å². The Morgan fingerprint density at radius 1 is 1.31 bits per heavy atom. The molecule has 3 N–H and O–H groups in total. The van der Waals surface area contributed by atoms with Crippen LogP contribution in [0.2, 0.25) is 0 Å². The number of carbonyl (C=O) groups is 1. The van der Waals surface area contributed by atoms with Crippen molar-refractivity contribution in [1.82, 2.24) is 10.2 Å². The molecule has 0 saturated carbocycles. The van der Waals surface area contributed by atoms with Crippen molar-refractivity contribution in [1.29, 1.82) is 0 Å². The van der Waals surface area contributed by atoms with E-state index < -0.39 is 0 Å². The molecule has 3 aliphatic rings. The number of hydrogen-bond acceptors (Lipinski definition) is 5. The van der Waals surface area contributed by atoms with Crippen molar-refractivity contribution < 1.29 is 9.90 Å². The summed E-state index contributed by atoms with van der Waals surface area (Å²) in [6, 6.07) is 8.20. The van der Waals surface area contributed by atoms with Crippen LogP contribution in [0.15, 0.2) is 29.6 Å². The summed E-state index contributed by atoms with van der Waals surface area (Å²) in [4.78, 5) is 14.6. The lowest BCUT2D eigenvalue weighted by Crippen LogP contribution is -2.42. The minimum absolute atomic E-state index is 0.135. The van der Waals surface area contributed by atoms with E-state index in [1.807, 2.05) is 22.4 Å². The summed E-state index contributed by atoms with van der Waals surface area (Å²) in [5.74, 6) is 1.65. The van der Waals surface area contributed by atoms with E-state index in [4.69, 9.17) is 0 Å². The summed E-state index contributed by atoms with van der Waals surface area (Å²) in [5, 5.41) is 20.2. The topological polar surface area (TPSA) is 64.6 Å². The lowest BCUT2D eigenvalue weighted by atomic mass is 9.73. The maximum absolute atomic E-state index is 12.6. The van der Waals surface area contributed by atoms with Gasteiger partial charge in [-0.2, -0.15) is 0 Å². The number of fused-ring (bicyclic) bond motifs is 4. The molecule has 26 heavy (non-hydrogen) atoms. The number of nitrogens with one attached hydrogen (secondary N) is 2. The summed E-state index contributed by atoms with van der Waals surface area (Å²) in [5.41, 5.74) is 3.23. The average molecular weight is 369 g/mol. The van der Waals surface area contributed by atoms with Crippen LogP contribution in [0.25, 0.3) is 0 Å². The second kappa shape index (κ2) is 6.28. The Labute approximate surface area is 157 Å². The van der Waals surface area contributed by atoms with Gasteiger partial charge in [0.15, 0.2) is 0 Å². The van der Waals surface area contributed by atoms with Gasteiger partial charge in [-0.05, 0) is 60.4 Å². The van der Waals surface area contributed by atoms with Crippen molar-refractivity contribution in [2.75, 3.05) is 25.1 Å². The molecule has 3 atom stereocenters. The summed E-state index contributed by atoms with van der Waals surface area (Å²) in [6.45, 7) is 2.37. The molecular formula is C20H23N3O2S. The monoisotopic (exact) mass is 369 g/mol. The molecule has 5 rings (SSSR count). The zero-order valence-corrected chi connectivity index (χ0v) is 15.4. The first-order valence-corrected chi connectivity index (χ1v) is 10.2. The van der Waals surface area contributed by atoms with E-state index in [2.05, 4.69) is 16.7 Å². The molecule has 1 fully saturated rings. The molecule has 1 amide bonds. The first kappa shape index (κ1) is 16.1. The first-order chi connectivity index (χ1) is 12.7. The molecule has 0 radical (unpaired) electrons. The number of nitrogens with zero attached hydrogens (tertiary/aromatic N) is 1. The number of anilines is 1. The quantitative estimate of drug-likeness (QED) is 0.778. The first-order valence-electron chi connectivity index (χ1n) is 9.37. The van der Waals surface area contributed by atoms with E-state index in [-0.39, 0.29) is 5.91 Å². The van der Waals surface area contributed by atoms with Crippen LogP contribution >= 0.6 is 11.3 Å². The van der Waals surface area contributed by atoms with E-state index in [1.54, 1.807) is 17.4 Å². The van der Waals surface area contributed by atoms with E-state index in [1.165, 1.54) is 5.56 Å². The van der Waals surface area contributed by atoms with Gasteiger partial charge in [0.05, 0.1) is 12.2 Å². The number of phenolic OH excluding ortho intramolecular Hbond substituents is 1. The molecule has 1 saturated heterocycles. The van der Waals surface area contributed by atoms with E-state index in [0.717, 1.165) is 48.5 Å². The van der Waals surface area contributed by atoms with E-state index >= 15 is 0 Å². The Kier molecular flexibility index (Phi) is 3.90. The Morgan fingerprint density at radius 3 is 3.15 bits per heavy atom. The zero-order valence-electron chi connectivity index (χ0n) is 14.6. The molecule has 136 valence electrons. The molecule has 1 aliphatic carbocycles. The fourth-order valence-corrected chi connectivity index (χ4v) is 5.70. The molecular weight excluding hydrogens is 346 g/mol. The van der Waals surface area contributed by atoms with Crippen molar-refractivity contribution >= 4 is 22.2 Å². The number of carbonyl (C=O) groups excluding carboxylic acids is 1. The smallest absolute Gasteiger partial charge is 0.258 e. The van der Waals surface area contributed by atoms with Gasteiger partial charge in [0.1, 0.15) is 10.8 Å². The summed E-state index contributed by atoms with van der Waals surface area (Å²) < 4.78 is 0. The second-order valence-corrected chi connectivity index (χ2v) is 8.46. The Balaban J connectivity index is 1.32. The Morgan fingerprint density at radius 2 is 2.23 bits per heavy atom. The van der Waals surface area contributed by atoms with Crippen molar-refractivity contribution in [3.63, 3.8) is 0 Å². The minimum Gasteiger partial charge on any atom is -0.508 e. The van der Waals surface area contributed by atoms with Gasteiger partial charge in [-0.1, -0.05) is 12.1 Å². The van der Waals surface area contributed by atoms with Gasteiger partial charge >= 0.3 is 0 Å². The Bertz CT molecular complexity index is 849. The van der Waals surface area contributed by atoms with Crippen LogP contribution < -0.4 is 10.6 Å². The minimum atomic E-state index is 0.135. The number of benzene rings is 1. The van der Waals surface area contributed by atoms with Crippen molar-refractivity contribution in [2.45, 2.75) is 31.2 Å². The fourth-order valence-electron chi connectivity index (χ4n) is 4.93. The second-order valence-electron chi connectivity index (χ2n) is 7.54. The number of aromatic hydroxyl groups is 1. The molecule has 3 unspecified atom stereocenters. The average Bonchev–Trinajstić information content (AvgIpc) is 3.29. The number of rotatable bonds is 3. The molecule has 6 heteroatoms. The van der Waals surface area contributed by atoms with Crippen molar-refractivity contribution in [3.8, 4) is 5.75 Å². The van der Waals surface area contributed by atoms with Crippen LogP contribution in [0.3, 0.4) is 0 Å². The van der Waals surface area contributed by atoms with Crippen LogP contribution in [0.1, 0.15) is 40.2 Å². The number of amides is 1. The number of phenols is 1. The SMILES string of the molecule is O=C1c2ccsc2NCN1CCC1NCC2CCc3c(O)cccc3C21. The lowest BCUT2D eigenvalue weighted by Gasteiger charge is -2.33. The third-order valence-electron chi connectivity index (χ3n) is 6.22. The van der Waals surface area contributed by atoms with Crippen LogP contribution in [-0.2, 0) is 6.42 Å². The largest absolute Gasteiger partial charge is 0.508 e. The van der Waals surface area contributed by atoms with Gasteiger partial charge in [-0.15, -0.1) is 11.3 Å². The molecule has 2 aliphatic heterocycles. The van der Waals surface area contributed by atoms with Crippen LogP contribution in [0.5, 0.6) is 5.75 Å². The molecule has 5 nitrogen and oxygen atoms in total. The summed E-state index contributed by atoms with van der Waals surface area (Å²) in [6.07, 6.45) is 3.03. The molecule has 2 aromatic rings. The molecule has 0 spiro atoms. The highest BCUT2D eigenvalue weighted by Gasteiger charge is 2.41. The third kappa shape index (κ3) is 2.51. The molecule has 0 bridgehead atoms. The highest BCUT2D eigenvalue weighted by atomic mass is 32.1. The third-order valence-corrected chi connectivity index (χ3v) is 7.09. The molecule has 1 aromatic heterocycles. The van der Waals surface area contributed by atoms with Gasteiger partial charge in [0, 0.05) is 18.5 Å². The van der Waals surface area contributed by atoms with Crippen LogP contribution in [-0.4, -0.2) is 41.7 Å². The van der Waals surface area contributed by atoms with E-state index in [0.29, 0.717) is 30.3 Å². The van der Waals surface area contributed by atoms with Gasteiger partial charge in [-0.3, -0.25) is 4.79 Å². The molecule has 3 heterocycles. The van der Waals surface area contributed by atoms with Crippen LogP contribution in [0, 0.1) is 5.92 Å². The maximum atomic E-state index is 12.6. The van der Waals surface area contributed by atoms with Gasteiger partial charge in [0.25, 0.3) is 5.91 Å². The van der Waals surface area contributed by atoms with Crippen molar-refractivity contribution in [3.05, 3.63) is 46.3 Å². The summed E-state index contributed by atoms with van der Waals surface area (Å²) in [7, 11) is 0. The lowest BCUT2D eigenvalue weighted by molar-refractivity contribution is 0.0752. The van der Waals surface area contributed by atoms with E-state index in [9.17, 15) is 9.90 Å². The maximum Gasteiger partial charge on any atom is 0.258 e. The number of hydrogen-bond donors (Lipinski definition) is 3. The predicted octanol–water partition coefficient (Wildman–Crippen LogP) is 2.99. The standard InChI is InChI=1S/C20H23N3O2S/c24-17-3-1-2-14-13(17)5-4-12-10-21-16(18(12)14)6-8-23-11-22-19-15(20(23)25)7-9-26-19/h1-3,7,9,12,16,18,21-22,24H,4-6,8,10-11H2. The fraction of sp³-hybridized carbons (Fsp3) is 0.450. The summed E-state index contributed by atoms with van der Waals surface area (Å²) >= 11 is 1.59. The Hall–Kier alpha value is -2.05. The molecule has 1 aromatic carbocycles. The van der Waals surface area contributed by atoms with Crippen molar-refractivity contribution in [2.24, 2.45) is 5.92 Å². The highest BCUT2D eigenvalue weighted by molar-refractivity contribution is 7.14. The number of thiophene rings is 1. The van der Waals surface area contributed by atoms with Gasteiger partial charge < -0.3 is 20.6 Å². The zero-order chi connectivity index (χ0) is 17.7. The predicted molar refractivity (Wildman–Crippen MR) is 103 cm³/mol. The van der Waals surface area contributed by atoms with Gasteiger partial charge in [0.2, 0.25) is 0 Å². The highest BCUT2D eigenvalue weighted by Crippen LogP contribution is 2.45. The normalized spacial score (nSPS) is 26.8. The van der Waals surface area contributed by atoms with Crippen LogP contribution in [0.4, 0.5) is 5.00 Å².